The van der Waals surface area contributed by atoms with Crippen LogP contribution in [0.15, 0.2) is 29.1 Å². The van der Waals surface area contributed by atoms with Gasteiger partial charge in [-0.2, -0.15) is 11.8 Å². The summed E-state index contributed by atoms with van der Waals surface area (Å²) in [5.41, 5.74) is 0.218. The molecule has 2 aromatic rings. The Morgan fingerprint density at radius 2 is 2.00 bits per heavy atom. The molecule has 1 heterocycles. The molecule has 2 rings (SSSR count). The molecule has 0 aliphatic heterocycles. The van der Waals surface area contributed by atoms with E-state index in [1.54, 1.807) is 18.2 Å². The number of aromatic nitrogens is 2. The first-order valence-corrected chi connectivity index (χ1v) is 8.09. The Morgan fingerprint density at radius 3 is 2.65 bits per heavy atom. The third kappa shape index (κ3) is 4.26. The van der Waals surface area contributed by atoms with Crippen molar-refractivity contribution in [2.45, 2.75) is 5.75 Å². The number of aromatic amines is 1. The SMILES string of the molecule is COc1ccc(NC(=O)c2cc(=O)[nH]c(CSC)n2)cc1OC. The van der Waals surface area contributed by atoms with E-state index in [9.17, 15) is 9.59 Å². The molecular formula is C15H17N3O4S. The maximum atomic E-state index is 12.3. The Morgan fingerprint density at radius 1 is 1.26 bits per heavy atom. The maximum absolute atomic E-state index is 12.3. The van der Waals surface area contributed by atoms with Gasteiger partial charge in [-0.3, -0.25) is 9.59 Å². The van der Waals surface area contributed by atoms with Crippen LogP contribution in [0.2, 0.25) is 0 Å². The lowest BCUT2D eigenvalue weighted by atomic mass is 10.2. The highest BCUT2D eigenvalue weighted by Gasteiger charge is 2.12. The molecule has 23 heavy (non-hydrogen) atoms. The van der Waals surface area contributed by atoms with Gasteiger partial charge in [0.2, 0.25) is 0 Å². The lowest BCUT2D eigenvalue weighted by Crippen LogP contribution is -2.20. The molecule has 7 nitrogen and oxygen atoms in total. The predicted molar refractivity (Wildman–Crippen MR) is 89.6 cm³/mol. The van der Waals surface area contributed by atoms with Gasteiger partial charge in [0.05, 0.1) is 20.0 Å². The normalized spacial score (nSPS) is 10.2. The van der Waals surface area contributed by atoms with E-state index >= 15 is 0 Å². The Hall–Kier alpha value is -2.48. The highest BCUT2D eigenvalue weighted by Crippen LogP contribution is 2.29. The summed E-state index contributed by atoms with van der Waals surface area (Å²) >= 11 is 1.50. The summed E-state index contributed by atoms with van der Waals surface area (Å²) in [5.74, 6) is 1.56. The molecule has 1 aromatic heterocycles. The largest absolute Gasteiger partial charge is 0.493 e. The average molecular weight is 335 g/mol. The molecule has 0 aliphatic rings. The summed E-state index contributed by atoms with van der Waals surface area (Å²) in [6, 6.07) is 6.15. The molecule has 0 fully saturated rings. The number of amides is 1. The average Bonchev–Trinajstić information content (AvgIpc) is 2.54. The molecule has 1 aromatic carbocycles. The van der Waals surface area contributed by atoms with Gasteiger partial charge in [-0.15, -0.1) is 0 Å². The molecule has 0 unspecified atom stereocenters. The number of thioether (sulfide) groups is 1. The van der Waals surface area contributed by atoms with Crippen LogP contribution in [0.5, 0.6) is 11.5 Å². The molecule has 0 radical (unpaired) electrons. The van der Waals surface area contributed by atoms with Crippen molar-refractivity contribution in [1.29, 1.82) is 0 Å². The van der Waals surface area contributed by atoms with Crippen molar-refractivity contribution < 1.29 is 14.3 Å². The first kappa shape index (κ1) is 16.9. The summed E-state index contributed by atoms with van der Waals surface area (Å²) in [6.45, 7) is 0. The Balaban J connectivity index is 2.23. The van der Waals surface area contributed by atoms with Gasteiger partial charge in [0.1, 0.15) is 11.5 Å². The Labute approximate surface area is 137 Å². The number of benzene rings is 1. The zero-order valence-electron chi connectivity index (χ0n) is 13.0. The van der Waals surface area contributed by atoms with Crippen LogP contribution in [0.25, 0.3) is 0 Å². The van der Waals surface area contributed by atoms with Crippen molar-refractivity contribution in [3.8, 4) is 11.5 Å². The van der Waals surface area contributed by atoms with Gasteiger partial charge < -0.3 is 19.8 Å². The van der Waals surface area contributed by atoms with Crippen LogP contribution >= 0.6 is 11.8 Å². The van der Waals surface area contributed by atoms with Crippen LogP contribution in [-0.4, -0.2) is 36.4 Å². The van der Waals surface area contributed by atoms with Gasteiger partial charge >= 0.3 is 0 Å². The monoisotopic (exact) mass is 335 g/mol. The minimum Gasteiger partial charge on any atom is -0.493 e. The number of nitrogens with zero attached hydrogens (tertiary/aromatic N) is 1. The van der Waals surface area contributed by atoms with E-state index in [-0.39, 0.29) is 11.3 Å². The quantitative estimate of drug-likeness (QED) is 0.837. The smallest absolute Gasteiger partial charge is 0.274 e. The Bertz CT molecular complexity index is 761. The number of rotatable bonds is 6. The number of methoxy groups -OCH3 is 2. The van der Waals surface area contributed by atoms with Gasteiger partial charge in [0, 0.05) is 17.8 Å². The fourth-order valence-electron chi connectivity index (χ4n) is 1.94. The topological polar surface area (TPSA) is 93.3 Å². The summed E-state index contributed by atoms with van der Waals surface area (Å²) in [7, 11) is 3.04. The molecule has 0 spiro atoms. The van der Waals surface area contributed by atoms with Crippen molar-refractivity contribution in [3.05, 3.63) is 46.1 Å². The molecule has 8 heteroatoms. The second-order valence-corrected chi connectivity index (χ2v) is 5.40. The van der Waals surface area contributed by atoms with Gasteiger partial charge in [-0.05, 0) is 18.4 Å². The van der Waals surface area contributed by atoms with Crippen LogP contribution in [0, 0.1) is 0 Å². The second kappa shape index (κ2) is 7.68. The fourth-order valence-corrected chi connectivity index (χ4v) is 2.35. The minimum atomic E-state index is -0.467. The van der Waals surface area contributed by atoms with Crippen LogP contribution < -0.4 is 20.3 Å². The summed E-state index contributed by atoms with van der Waals surface area (Å²) in [6.07, 6.45) is 1.89. The molecule has 122 valence electrons. The highest BCUT2D eigenvalue weighted by atomic mass is 32.2. The predicted octanol–water partition coefficient (Wildman–Crippen LogP) is 1.90. The van der Waals surface area contributed by atoms with E-state index in [1.807, 2.05) is 6.26 Å². The minimum absolute atomic E-state index is 0.0626. The van der Waals surface area contributed by atoms with Gasteiger partial charge in [-0.1, -0.05) is 0 Å². The zero-order chi connectivity index (χ0) is 16.8. The molecule has 0 saturated heterocycles. The number of anilines is 1. The van der Waals surface area contributed by atoms with Crippen molar-refractivity contribution in [2.75, 3.05) is 25.8 Å². The van der Waals surface area contributed by atoms with E-state index in [2.05, 4.69) is 15.3 Å². The lowest BCUT2D eigenvalue weighted by Gasteiger charge is -2.10. The molecule has 1 amide bonds. The van der Waals surface area contributed by atoms with E-state index in [4.69, 9.17) is 9.47 Å². The van der Waals surface area contributed by atoms with Crippen molar-refractivity contribution in [2.24, 2.45) is 0 Å². The number of nitrogens with one attached hydrogen (secondary N) is 2. The first-order valence-electron chi connectivity index (χ1n) is 6.70. The van der Waals surface area contributed by atoms with Gasteiger partial charge in [0.25, 0.3) is 11.5 Å². The molecule has 0 atom stereocenters. The first-order chi connectivity index (χ1) is 11.1. The molecule has 2 N–H and O–H groups in total. The number of H-pyrrole nitrogens is 1. The zero-order valence-corrected chi connectivity index (χ0v) is 13.8. The van der Waals surface area contributed by atoms with E-state index in [0.29, 0.717) is 28.8 Å². The van der Waals surface area contributed by atoms with Gasteiger partial charge in [0.15, 0.2) is 11.5 Å². The standard InChI is InChI=1S/C15H17N3O4S/c1-21-11-5-4-9(6-12(11)22-2)16-15(20)10-7-14(19)18-13(17-10)8-23-3/h4-7H,8H2,1-3H3,(H,16,20)(H,17,18,19). The number of hydrogen-bond donors (Lipinski definition) is 2. The molecule has 0 bridgehead atoms. The third-order valence-corrected chi connectivity index (χ3v) is 3.51. The summed E-state index contributed by atoms with van der Waals surface area (Å²) < 4.78 is 10.3. The highest BCUT2D eigenvalue weighted by molar-refractivity contribution is 7.97. The van der Waals surface area contributed by atoms with E-state index < -0.39 is 5.91 Å². The number of carbonyl (C=O) groups excluding carboxylic acids is 1. The van der Waals surface area contributed by atoms with Crippen LogP contribution in [0.3, 0.4) is 0 Å². The summed E-state index contributed by atoms with van der Waals surface area (Å²) in [4.78, 5) is 30.6. The van der Waals surface area contributed by atoms with Crippen LogP contribution in [0.4, 0.5) is 5.69 Å². The van der Waals surface area contributed by atoms with Crippen LogP contribution in [-0.2, 0) is 5.75 Å². The van der Waals surface area contributed by atoms with Gasteiger partial charge in [-0.25, -0.2) is 4.98 Å². The number of carbonyl (C=O) groups is 1. The van der Waals surface area contributed by atoms with Crippen molar-refractivity contribution in [3.63, 3.8) is 0 Å². The van der Waals surface area contributed by atoms with E-state index in [1.165, 1.54) is 32.0 Å². The number of ether oxygens (including phenoxy) is 2. The molecular weight excluding hydrogens is 318 g/mol. The van der Waals surface area contributed by atoms with Crippen molar-refractivity contribution in [1.82, 2.24) is 9.97 Å². The molecule has 0 saturated carbocycles. The summed E-state index contributed by atoms with van der Waals surface area (Å²) in [5, 5.41) is 2.68. The maximum Gasteiger partial charge on any atom is 0.274 e. The fraction of sp³-hybridized carbons (Fsp3) is 0.267. The third-order valence-electron chi connectivity index (χ3n) is 2.95. The number of hydrogen-bond acceptors (Lipinski definition) is 6. The van der Waals surface area contributed by atoms with Crippen LogP contribution in [0.1, 0.15) is 16.3 Å². The lowest BCUT2D eigenvalue weighted by molar-refractivity contribution is 0.102. The Kier molecular flexibility index (Phi) is 5.64. The van der Waals surface area contributed by atoms with Crippen molar-refractivity contribution >= 4 is 23.4 Å². The van der Waals surface area contributed by atoms with E-state index in [0.717, 1.165) is 0 Å². The second-order valence-electron chi connectivity index (χ2n) is 4.53. The molecule has 0 aliphatic carbocycles.